The molecule has 0 aliphatic carbocycles. The molecule has 11 heteroatoms. The molecule has 1 atom stereocenters. The van der Waals surface area contributed by atoms with Crippen molar-refractivity contribution >= 4 is 50.6 Å². The third-order valence-electron chi connectivity index (χ3n) is 6.85. The van der Waals surface area contributed by atoms with E-state index in [4.69, 9.17) is 21.4 Å². The number of carboxylic acids is 1. The number of β-amino-alcohol motifs (C(OH)–C–C–N with tert-alkyl or cyclic N) is 1. The minimum Gasteiger partial charge on any atom is -0.493 e. The first-order valence-corrected chi connectivity index (χ1v) is 14.4. The van der Waals surface area contributed by atoms with Crippen LogP contribution in [0.3, 0.4) is 0 Å². The average Bonchev–Trinajstić information content (AvgIpc) is 3.54. The summed E-state index contributed by atoms with van der Waals surface area (Å²) in [5.74, 6) is 0.494. The Balaban J connectivity index is 1.30. The predicted octanol–water partition coefficient (Wildman–Crippen LogP) is 5.07. The Morgan fingerprint density at radius 2 is 2.05 bits per heavy atom. The summed E-state index contributed by atoms with van der Waals surface area (Å²) in [5.41, 5.74) is 4.29. The number of ether oxygens (including phenoxy) is 1. The van der Waals surface area contributed by atoms with Gasteiger partial charge in [-0.2, -0.15) is 0 Å². The van der Waals surface area contributed by atoms with Crippen molar-refractivity contribution < 1.29 is 19.7 Å². The van der Waals surface area contributed by atoms with E-state index >= 15 is 0 Å². The van der Waals surface area contributed by atoms with Crippen LogP contribution in [0, 0.1) is 6.92 Å². The highest BCUT2D eigenvalue weighted by atomic mass is 35.5. The minimum absolute atomic E-state index is 0.128. The number of carboxylic acid groups (broad SMARTS) is 1. The van der Waals surface area contributed by atoms with E-state index in [1.165, 1.54) is 11.3 Å². The van der Waals surface area contributed by atoms with Gasteiger partial charge in [0, 0.05) is 37.9 Å². The van der Waals surface area contributed by atoms with Crippen molar-refractivity contribution in [3.63, 3.8) is 0 Å². The Labute approximate surface area is 241 Å². The molecule has 0 saturated carbocycles. The summed E-state index contributed by atoms with van der Waals surface area (Å²) < 4.78 is 7.08. The summed E-state index contributed by atoms with van der Waals surface area (Å²) in [7, 11) is 0. The van der Waals surface area contributed by atoms with E-state index in [2.05, 4.69) is 25.5 Å². The number of aromatic nitrogens is 2. The van der Waals surface area contributed by atoms with Crippen LogP contribution in [0.25, 0.3) is 21.3 Å². The van der Waals surface area contributed by atoms with E-state index < -0.39 is 5.97 Å². The normalized spacial score (nSPS) is 15.5. The highest BCUT2D eigenvalue weighted by Crippen LogP contribution is 2.39. The number of likely N-dealkylation sites (tertiary alicyclic amines) is 1. The number of aliphatic hydroxyl groups is 1. The zero-order valence-electron chi connectivity index (χ0n) is 22.2. The van der Waals surface area contributed by atoms with Crippen LogP contribution in [0.1, 0.15) is 23.4 Å². The molecule has 5 rings (SSSR count). The third kappa shape index (κ3) is 6.71. The number of benzene rings is 2. The zero-order chi connectivity index (χ0) is 28.1. The number of aliphatic hydroxyl groups excluding tert-OH is 1. The molecule has 40 heavy (non-hydrogen) atoms. The van der Waals surface area contributed by atoms with Crippen molar-refractivity contribution in [1.29, 1.82) is 0 Å². The molecular weight excluding hydrogens is 550 g/mol. The number of nitrogens with one attached hydrogen (secondary N) is 2. The average molecular weight is 582 g/mol. The van der Waals surface area contributed by atoms with Gasteiger partial charge in [-0.05, 0) is 49.1 Å². The number of anilines is 2. The number of pyridine rings is 1. The number of hydrogen-bond acceptors (Lipinski definition) is 9. The van der Waals surface area contributed by atoms with Crippen LogP contribution in [-0.2, 0) is 11.3 Å². The van der Waals surface area contributed by atoms with E-state index in [1.807, 2.05) is 49.4 Å². The molecule has 4 aromatic rings. The molecule has 210 valence electrons. The Bertz CT molecular complexity index is 1500. The second-order valence-corrected chi connectivity index (χ2v) is 11.3. The van der Waals surface area contributed by atoms with Gasteiger partial charge in [-0.25, -0.2) is 9.97 Å². The first kappa shape index (κ1) is 28.3. The van der Waals surface area contributed by atoms with Gasteiger partial charge in [-0.15, -0.1) is 11.3 Å². The van der Waals surface area contributed by atoms with E-state index in [-0.39, 0.29) is 12.6 Å². The van der Waals surface area contributed by atoms with Gasteiger partial charge in [-0.3, -0.25) is 4.79 Å². The van der Waals surface area contributed by atoms with Gasteiger partial charge in [0.05, 0.1) is 34.7 Å². The summed E-state index contributed by atoms with van der Waals surface area (Å²) in [4.78, 5) is 22.2. The summed E-state index contributed by atoms with van der Waals surface area (Å²) in [6, 6.07) is 13.7. The van der Waals surface area contributed by atoms with Crippen molar-refractivity contribution in [2.24, 2.45) is 0 Å². The molecule has 1 unspecified atom stereocenters. The quantitative estimate of drug-likeness (QED) is 0.170. The number of carbonyl (C=O) groups is 1. The molecule has 2 aromatic heterocycles. The zero-order valence-corrected chi connectivity index (χ0v) is 23.8. The van der Waals surface area contributed by atoms with Crippen LogP contribution >= 0.6 is 22.9 Å². The van der Waals surface area contributed by atoms with Crippen molar-refractivity contribution in [1.82, 2.24) is 20.2 Å². The van der Waals surface area contributed by atoms with Crippen molar-refractivity contribution in [2.45, 2.75) is 32.4 Å². The second-order valence-electron chi connectivity index (χ2n) is 9.78. The van der Waals surface area contributed by atoms with E-state index in [9.17, 15) is 9.90 Å². The largest absolute Gasteiger partial charge is 0.493 e. The molecule has 4 N–H and O–H groups in total. The summed E-state index contributed by atoms with van der Waals surface area (Å²) in [6.07, 6.45) is 3.25. The van der Waals surface area contributed by atoms with E-state index in [1.54, 1.807) is 6.20 Å². The van der Waals surface area contributed by atoms with Crippen LogP contribution in [0.2, 0.25) is 5.02 Å². The maximum atomic E-state index is 10.8. The molecule has 0 amide bonds. The van der Waals surface area contributed by atoms with Crippen molar-refractivity contribution in [3.8, 4) is 16.9 Å². The lowest BCUT2D eigenvalue weighted by Gasteiger charge is -2.17. The van der Waals surface area contributed by atoms with Gasteiger partial charge in [0.25, 0.3) is 0 Å². The van der Waals surface area contributed by atoms with E-state index in [0.717, 1.165) is 64.6 Å². The predicted molar refractivity (Wildman–Crippen MR) is 159 cm³/mol. The molecule has 2 aromatic carbocycles. The SMILES string of the molecule is Cc1c(OCCCN2CCC(O)C2)cccc1-c1cccc(Nc2nccc3sc(CNCC(=O)O)nc23)c1Cl. The fraction of sp³-hybridized carbons (Fsp3) is 0.345. The Hall–Kier alpha value is -3.28. The summed E-state index contributed by atoms with van der Waals surface area (Å²) >= 11 is 8.43. The number of nitrogens with zero attached hydrogens (tertiary/aromatic N) is 3. The Morgan fingerprint density at radius 1 is 1.23 bits per heavy atom. The fourth-order valence-corrected chi connectivity index (χ4v) is 6.06. The summed E-state index contributed by atoms with van der Waals surface area (Å²) in [5, 5.41) is 26.1. The standard InChI is InChI=1S/C29H32ClN5O4S/c1-18-20(5-3-8-23(18)39-14-4-12-35-13-10-19(36)17-35)21-6-2-7-22(27(21)30)33-29-28-24(9-11-32-29)40-25(34-28)15-31-16-26(37)38/h2-3,5-9,11,19,31,36H,4,10,12-17H2,1H3,(H,32,33)(H,37,38). The van der Waals surface area contributed by atoms with Gasteiger partial charge < -0.3 is 30.5 Å². The minimum atomic E-state index is -0.911. The molecule has 1 aliphatic heterocycles. The van der Waals surface area contributed by atoms with Gasteiger partial charge in [-0.1, -0.05) is 35.9 Å². The second kappa shape index (κ2) is 12.9. The lowest BCUT2D eigenvalue weighted by molar-refractivity contribution is -0.136. The maximum absolute atomic E-state index is 10.8. The number of halogens is 1. The van der Waals surface area contributed by atoms with Crippen molar-refractivity contribution in [2.75, 3.05) is 38.1 Å². The number of fused-ring (bicyclic) bond motifs is 1. The monoisotopic (exact) mass is 581 g/mol. The first-order chi connectivity index (χ1) is 19.4. The Kier molecular flexibility index (Phi) is 9.13. The number of aliphatic carboxylic acids is 1. The van der Waals surface area contributed by atoms with Gasteiger partial charge in [0.15, 0.2) is 5.82 Å². The topological polar surface area (TPSA) is 120 Å². The molecule has 1 saturated heterocycles. The number of hydrogen-bond donors (Lipinski definition) is 4. The van der Waals surface area contributed by atoms with Crippen LogP contribution < -0.4 is 15.4 Å². The third-order valence-corrected chi connectivity index (χ3v) is 8.28. The lowest BCUT2D eigenvalue weighted by atomic mass is 9.99. The van der Waals surface area contributed by atoms with Crippen LogP contribution in [0.15, 0.2) is 48.7 Å². The smallest absolute Gasteiger partial charge is 0.317 e. The number of thiazole rings is 1. The number of rotatable bonds is 12. The molecule has 9 nitrogen and oxygen atoms in total. The Morgan fingerprint density at radius 3 is 2.85 bits per heavy atom. The van der Waals surface area contributed by atoms with Crippen LogP contribution in [0.4, 0.5) is 11.5 Å². The molecular formula is C29H32ClN5O4S. The maximum Gasteiger partial charge on any atom is 0.317 e. The fourth-order valence-electron chi connectivity index (χ4n) is 4.86. The van der Waals surface area contributed by atoms with Crippen molar-refractivity contribution in [3.05, 3.63) is 64.3 Å². The van der Waals surface area contributed by atoms with Gasteiger partial charge in [0.2, 0.25) is 0 Å². The highest BCUT2D eigenvalue weighted by Gasteiger charge is 2.19. The molecule has 0 radical (unpaired) electrons. The summed E-state index contributed by atoms with van der Waals surface area (Å²) in [6.45, 7) is 5.47. The van der Waals surface area contributed by atoms with Gasteiger partial charge >= 0.3 is 5.97 Å². The van der Waals surface area contributed by atoms with Crippen LogP contribution in [0.5, 0.6) is 5.75 Å². The molecule has 3 heterocycles. The molecule has 1 fully saturated rings. The first-order valence-electron chi connectivity index (χ1n) is 13.2. The molecule has 1 aliphatic rings. The molecule has 0 bridgehead atoms. The van der Waals surface area contributed by atoms with Crippen LogP contribution in [-0.4, -0.2) is 69.9 Å². The lowest BCUT2D eigenvalue weighted by Crippen LogP contribution is -2.24. The molecule has 0 spiro atoms. The van der Waals surface area contributed by atoms with E-state index in [0.29, 0.717) is 35.2 Å². The van der Waals surface area contributed by atoms with Gasteiger partial charge in [0.1, 0.15) is 16.3 Å². The highest BCUT2D eigenvalue weighted by molar-refractivity contribution is 7.18.